The van der Waals surface area contributed by atoms with Gasteiger partial charge < -0.3 is 9.80 Å². The minimum absolute atomic E-state index is 0.0178. The lowest BCUT2D eigenvalue weighted by molar-refractivity contribution is -0.384. The summed E-state index contributed by atoms with van der Waals surface area (Å²) in [5.74, 6) is 0.0178. The molecule has 1 amide bonds. The van der Waals surface area contributed by atoms with Gasteiger partial charge in [0.15, 0.2) is 0 Å². The highest BCUT2D eigenvalue weighted by atomic mass is 32.2. The number of aryl methyl sites for hydroxylation is 2. The minimum Gasteiger partial charge on any atom is -0.362 e. The van der Waals surface area contributed by atoms with Crippen LogP contribution in [0, 0.1) is 10.1 Å². The maximum atomic E-state index is 12.9. The number of carbonyl (C=O) groups is 1. The summed E-state index contributed by atoms with van der Waals surface area (Å²) in [6.45, 7) is 5.84. The number of nitro groups is 1. The number of fused-ring (bicyclic) bond motifs is 1. The van der Waals surface area contributed by atoms with Crippen LogP contribution < -0.4 is 4.90 Å². The second kappa shape index (κ2) is 9.40. The molecule has 1 aromatic carbocycles. The molecule has 9 nitrogen and oxygen atoms in total. The van der Waals surface area contributed by atoms with Gasteiger partial charge in [0, 0.05) is 50.2 Å². The molecule has 1 aliphatic heterocycles. The quantitative estimate of drug-likeness (QED) is 0.434. The zero-order chi connectivity index (χ0) is 23.8. The van der Waals surface area contributed by atoms with Crippen molar-refractivity contribution in [2.24, 2.45) is 0 Å². The first-order chi connectivity index (χ1) is 15.8. The Kier molecular flexibility index (Phi) is 6.73. The molecule has 2 aromatic rings. The van der Waals surface area contributed by atoms with Crippen LogP contribution in [0.2, 0.25) is 0 Å². The molecule has 11 heteroatoms. The van der Waals surface area contributed by atoms with E-state index in [9.17, 15) is 23.3 Å². The molecule has 0 saturated carbocycles. The van der Waals surface area contributed by atoms with Crippen molar-refractivity contribution in [3.05, 3.63) is 49.7 Å². The van der Waals surface area contributed by atoms with Gasteiger partial charge in [0.25, 0.3) is 11.6 Å². The molecule has 1 aliphatic carbocycles. The van der Waals surface area contributed by atoms with Crippen molar-refractivity contribution in [2.45, 2.75) is 38.0 Å². The topological polar surface area (TPSA) is 104 Å². The molecule has 2 heterocycles. The maximum Gasteiger partial charge on any atom is 0.293 e. The lowest BCUT2D eigenvalue weighted by Crippen LogP contribution is -2.48. The number of amides is 1. The van der Waals surface area contributed by atoms with Crippen molar-refractivity contribution < 1.29 is 18.1 Å². The van der Waals surface area contributed by atoms with E-state index in [0.717, 1.165) is 30.2 Å². The number of rotatable bonds is 7. The Morgan fingerprint density at radius 1 is 1.12 bits per heavy atom. The summed E-state index contributed by atoms with van der Waals surface area (Å²) in [6, 6.07) is 6.10. The number of benzene rings is 1. The van der Waals surface area contributed by atoms with Crippen molar-refractivity contribution in [3.8, 4) is 0 Å². The first-order valence-electron chi connectivity index (χ1n) is 11.2. The van der Waals surface area contributed by atoms with Gasteiger partial charge in [-0.25, -0.2) is 8.42 Å². The number of hydrogen-bond donors (Lipinski definition) is 0. The lowest BCUT2D eigenvalue weighted by Gasteiger charge is -2.35. The second-order valence-corrected chi connectivity index (χ2v) is 11.3. The Bertz CT molecular complexity index is 1140. The summed E-state index contributed by atoms with van der Waals surface area (Å²) in [6.07, 6.45) is 3.24. The largest absolute Gasteiger partial charge is 0.362 e. The smallest absolute Gasteiger partial charge is 0.293 e. The summed E-state index contributed by atoms with van der Waals surface area (Å²) in [4.78, 5) is 29.8. The normalized spacial score (nSPS) is 16.3. The van der Waals surface area contributed by atoms with Gasteiger partial charge in [0.1, 0.15) is 5.69 Å². The van der Waals surface area contributed by atoms with Crippen molar-refractivity contribution in [1.29, 1.82) is 0 Å². The average molecular weight is 493 g/mol. The predicted octanol–water partition coefficient (Wildman–Crippen LogP) is 3.14. The number of sulfonamides is 1. The molecule has 0 bridgehead atoms. The number of piperazine rings is 1. The van der Waals surface area contributed by atoms with Crippen molar-refractivity contribution in [1.82, 2.24) is 9.21 Å². The van der Waals surface area contributed by atoms with Gasteiger partial charge in [0.05, 0.1) is 14.7 Å². The van der Waals surface area contributed by atoms with Crippen LogP contribution in [0.15, 0.2) is 29.2 Å². The first-order valence-corrected chi connectivity index (χ1v) is 13.5. The van der Waals surface area contributed by atoms with E-state index < -0.39 is 14.9 Å². The third-order valence-electron chi connectivity index (χ3n) is 6.35. The van der Waals surface area contributed by atoms with Crippen LogP contribution in [0.5, 0.6) is 0 Å². The lowest BCUT2D eigenvalue weighted by atomic mass is 10.2. The summed E-state index contributed by atoms with van der Waals surface area (Å²) in [7, 11) is -3.80. The van der Waals surface area contributed by atoms with Crippen LogP contribution in [0.25, 0.3) is 0 Å². The van der Waals surface area contributed by atoms with E-state index in [1.807, 2.05) is 11.0 Å². The Morgan fingerprint density at radius 3 is 2.42 bits per heavy atom. The zero-order valence-electron chi connectivity index (χ0n) is 18.8. The fourth-order valence-electron chi connectivity index (χ4n) is 4.53. The third kappa shape index (κ3) is 4.49. The summed E-state index contributed by atoms with van der Waals surface area (Å²) in [5, 5.41) is 11.8. The van der Waals surface area contributed by atoms with E-state index >= 15 is 0 Å². The number of thiophene rings is 1. The molecule has 178 valence electrons. The minimum atomic E-state index is -3.80. The van der Waals surface area contributed by atoms with Crippen LogP contribution in [0.4, 0.5) is 11.4 Å². The van der Waals surface area contributed by atoms with E-state index in [1.54, 1.807) is 30.1 Å². The molecule has 1 aromatic heterocycles. The van der Waals surface area contributed by atoms with Gasteiger partial charge in [-0.15, -0.1) is 11.3 Å². The predicted molar refractivity (Wildman–Crippen MR) is 128 cm³/mol. The number of carbonyl (C=O) groups excluding carboxylic acids is 1. The molecular formula is C22H28N4O5S2. The van der Waals surface area contributed by atoms with E-state index in [-0.39, 0.29) is 29.6 Å². The Labute approximate surface area is 197 Å². The van der Waals surface area contributed by atoms with Gasteiger partial charge in [-0.1, -0.05) is 13.8 Å². The van der Waals surface area contributed by atoms with Gasteiger partial charge in [0.2, 0.25) is 10.0 Å². The summed E-state index contributed by atoms with van der Waals surface area (Å²) < 4.78 is 26.9. The van der Waals surface area contributed by atoms with E-state index in [2.05, 4.69) is 0 Å². The highest BCUT2D eigenvalue weighted by Crippen LogP contribution is 2.34. The highest BCUT2D eigenvalue weighted by molar-refractivity contribution is 7.89. The molecule has 1 saturated heterocycles. The average Bonchev–Trinajstić information content (AvgIpc) is 3.41. The zero-order valence-corrected chi connectivity index (χ0v) is 20.5. The second-order valence-electron chi connectivity index (χ2n) is 8.19. The Morgan fingerprint density at radius 2 is 1.82 bits per heavy atom. The number of nitrogens with zero attached hydrogens (tertiary/aromatic N) is 4. The van der Waals surface area contributed by atoms with Gasteiger partial charge in [-0.3, -0.25) is 14.9 Å². The summed E-state index contributed by atoms with van der Waals surface area (Å²) in [5.41, 5.74) is 1.43. The molecule has 0 radical (unpaired) electrons. The van der Waals surface area contributed by atoms with Crippen LogP contribution in [0.3, 0.4) is 0 Å². The van der Waals surface area contributed by atoms with E-state index in [1.165, 1.54) is 26.9 Å². The van der Waals surface area contributed by atoms with Crippen LogP contribution in [-0.2, 0) is 22.9 Å². The van der Waals surface area contributed by atoms with Crippen LogP contribution >= 0.6 is 11.3 Å². The SMILES string of the molecule is CCN(CC)S(=O)(=O)c1ccc(N2CCN(C(=O)c3cc4c(s3)CCC4)CC2)c([N+](=O)[O-])c1. The van der Waals surface area contributed by atoms with Crippen molar-refractivity contribution in [3.63, 3.8) is 0 Å². The fourth-order valence-corrected chi connectivity index (χ4v) is 7.23. The number of anilines is 1. The molecule has 1 fully saturated rings. The number of hydrogen-bond acceptors (Lipinski definition) is 7. The third-order valence-corrected chi connectivity index (χ3v) is 9.62. The van der Waals surface area contributed by atoms with Crippen molar-refractivity contribution in [2.75, 3.05) is 44.2 Å². The van der Waals surface area contributed by atoms with Crippen LogP contribution in [0.1, 0.15) is 40.4 Å². The van der Waals surface area contributed by atoms with Gasteiger partial charge in [-0.2, -0.15) is 4.31 Å². The Balaban J connectivity index is 1.50. The monoisotopic (exact) mass is 492 g/mol. The van der Waals surface area contributed by atoms with E-state index in [0.29, 0.717) is 31.9 Å². The molecular weight excluding hydrogens is 464 g/mol. The Hall–Kier alpha value is -2.50. The van der Waals surface area contributed by atoms with Gasteiger partial charge >= 0.3 is 0 Å². The molecule has 0 unspecified atom stereocenters. The van der Waals surface area contributed by atoms with Crippen molar-refractivity contribution >= 4 is 38.6 Å². The summed E-state index contributed by atoms with van der Waals surface area (Å²) >= 11 is 1.58. The standard InChI is InChI=1S/C22H28N4O5S2/c1-3-25(4-2)33(30,31)17-8-9-18(19(15-17)26(28)29)23-10-12-24(13-11-23)22(27)21-14-16-6-5-7-20(16)32-21/h8-9,14-15H,3-7,10-13H2,1-2H3. The highest BCUT2D eigenvalue weighted by Gasteiger charge is 2.30. The molecule has 33 heavy (non-hydrogen) atoms. The van der Waals surface area contributed by atoms with E-state index in [4.69, 9.17) is 0 Å². The molecule has 0 atom stereocenters. The molecule has 2 aliphatic rings. The molecule has 0 spiro atoms. The van der Waals surface area contributed by atoms with Gasteiger partial charge in [-0.05, 0) is 43.0 Å². The maximum absolute atomic E-state index is 12.9. The molecule has 0 N–H and O–H groups in total. The van der Waals surface area contributed by atoms with Crippen LogP contribution in [-0.4, -0.2) is 67.7 Å². The first kappa shape index (κ1) is 23.7. The fraction of sp³-hybridized carbons (Fsp3) is 0.500. The number of nitro benzene ring substituents is 1. The molecule has 4 rings (SSSR count).